The normalized spacial score (nSPS) is 11.4. The maximum atomic E-state index is 12.7. The Morgan fingerprint density at radius 2 is 1.90 bits per heavy atom. The number of carbonyl (C=O) groups excluding carboxylic acids is 1. The third kappa shape index (κ3) is 3.11. The Morgan fingerprint density at radius 1 is 1.14 bits per heavy atom. The van der Waals surface area contributed by atoms with Crippen molar-refractivity contribution in [2.75, 3.05) is 5.32 Å². The largest absolute Gasteiger partial charge is 0.358 e. The van der Waals surface area contributed by atoms with E-state index in [9.17, 15) is 4.79 Å². The van der Waals surface area contributed by atoms with Gasteiger partial charge in [-0.15, -0.1) is 11.3 Å². The van der Waals surface area contributed by atoms with E-state index in [1.165, 1.54) is 11.3 Å². The Balaban J connectivity index is 1.38. The number of hydrogen-bond acceptors (Lipinski definition) is 3. The Hall–Kier alpha value is -3.38. The van der Waals surface area contributed by atoms with Crippen LogP contribution in [-0.4, -0.2) is 20.4 Å². The number of nitrogens with zero attached hydrogens (tertiary/aromatic N) is 2. The number of aromatic amines is 1. The van der Waals surface area contributed by atoms with E-state index in [0.29, 0.717) is 11.6 Å². The first-order valence-corrected chi connectivity index (χ1v) is 10.3. The summed E-state index contributed by atoms with van der Waals surface area (Å²) in [5, 5.41) is 7.83. The van der Waals surface area contributed by atoms with Crippen LogP contribution in [0.3, 0.4) is 0 Å². The highest BCUT2D eigenvalue weighted by molar-refractivity contribution is 7.14. The second kappa shape index (κ2) is 6.90. The molecule has 0 fully saturated rings. The average Bonchev–Trinajstić information content (AvgIpc) is 3.38. The first kappa shape index (κ1) is 17.7. The van der Waals surface area contributed by atoms with Gasteiger partial charge in [0.1, 0.15) is 0 Å². The number of benzene rings is 2. The number of hydrogen-bond donors (Lipinski definition) is 2. The molecule has 0 unspecified atom stereocenters. The molecule has 1 amide bonds. The molecule has 29 heavy (non-hydrogen) atoms. The number of para-hydroxylation sites is 2. The van der Waals surface area contributed by atoms with Crippen LogP contribution in [0.4, 0.5) is 5.13 Å². The third-order valence-corrected chi connectivity index (χ3v) is 5.99. The second-order valence-electron chi connectivity index (χ2n) is 7.22. The third-order valence-electron chi connectivity index (χ3n) is 5.23. The maximum absolute atomic E-state index is 12.7. The quantitative estimate of drug-likeness (QED) is 0.431. The summed E-state index contributed by atoms with van der Waals surface area (Å²) in [6, 6.07) is 16.3. The predicted molar refractivity (Wildman–Crippen MR) is 119 cm³/mol. The Morgan fingerprint density at radius 3 is 2.76 bits per heavy atom. The van der Waals surface area contributed by atoms with E-state index in [1.54, 1.807) is 0 Å². The van der Waals surface area contributed by atoms with Crippen LogP contribution >= 0.6 is 11.3 Å². The molecule has 0 saturated carbocycles. The second-order valence-corrected chi connectivity index (χ2v) is 8.07. The van der Waals surface area contributed by atoms with Crippen molar-refractivity contribution in [3.05, 3.63) is 71.4 Å². The summed E-state index contributed by atoms with van der Waals surface area (Å²) in [5.41, 5.74) is 6.28. The molecule has 0 aliphatic rings. The number of aryl methyl sites for hydroxylation is 2. The molecule has 144 valence electrons. The standard InChI is InChI=1S/C23H20N4OS/c1-14-22(17-8-3-5-9-18(17)24-14)19-13-29-23(25-19)26-21(28)11-15-12-27(2)20-10-6-4-7-16(15)20/h3-10,12-13,24H,11H2,1-2H3,(H,25,26,28). The predicted octanol–water partition coefficient (Wildman–Crippen LogP) is 5.27. The molecule has 0 atom stereocenters. The number of carbonyl (C=O) groups is 1. The summed E-state index contributed by atoms with van der Waals surface area (Å²) in [4.78, 5) is 20.7. The zero-order valence-corrected chi connectivity index (χ0v) is 17.0. The monoisotopic (exact) mass is 400 g/mol. The van der Waals surface area contributed by atoms with E-state index in [0.717, 1.165) is 44.3 Å². The van der Waals surface area contributed by atoms with Crippen molar-refractivity contribution < 1.29 is 4.79 Å². The number of rotatable bonds is 4. The lowest BCUT2D eigenvalue weighted by Crippen LogP contribution is -2.14. The van der Waals surface area contributed by atoms with Crippen LogP contribution in [0.1, 0.15) is 11.3 Å². The van der Waals surface area contributed by atoms with Crippen LogP contribution in [0.5, 0.6) is 0 Å². The van der Waals surface area contributed by atoms with Gasteiger partial charge in [0.25, 0.3) is 0 Å². The lowest BCUT2D eigenvalue weighted by atomic mass is 10.1. The van der Waals surface area contributed by atoms with Gasteiger partial charge in [-0.05, 0) is 24.6 Å². The highest BCUT2D eigenvalue weighted by Gasteiger charge is 2.15. The molecular formula is C23H20N4OS. The summed E-state index contributed by atoms with van der Waals surface area (Å²) < 4.78 is 2.05. The SMILES string of the molecule is Cc1[nH]c2ccccc2c1-c1csc(NC(=O)Cc2cn(C)c3ccccc23)n1. The van der Waals surface area contributed by atoms with E-state index in [4.69, 9.17) is 0 Å². The molecule has 0 bridgehead atoms. The highest BCUT2D eigenvalue weighted by Crippen LogP contribution is 2.34. The van der Waals surface area contributed by atoms with Gasteiger partial charge in [-0.3, -0.25) is 4.79 Å². The fourth-order valence-electron chi connectivity index (χ4n) is 3.96. The number of H-pyrrole nitrogens is 1. The van der Waals surface area contributed by atoms with Crippen molar-refractivity contribution in [1.29, 1.82) is 0 Å². The molecule has 0 saturated heterocycles. The van der Waals surface area contributed by atoms with Crippen molar-refractivity contribution in [2.24, 2.45) is 7.05 Å². The first-order chi connectivity index (χ1) is 14.1. The van der Waals surface area contributed by atoms with Crippen molar-refractivity contribution in [3.8, 4) is 11.3 Å². The van der Waals surface area contributed by atoms with E-state index in [2.05, 4.69) is 44.1 Å². The molecule has 5 rings (SSSR count). The number of amides is 1. The molecule has 2 N–H and O–H groups in total. The van der Waals surface area contributed by atoms with Gasteiger partial charge >= 0.3 is 0 Å². The van der Waals surface area contributed by atoms with Crippen molar-refractivity contribution in [2.45, 2.75) is 13.3 Å². The Kier molecular flexibility index (Phi) is 4.21. The van der Waals surface area contributed by atoms with Gasteiger partial charge in [-0.1, -0.05) is 36.4 Å². The lowest BCUT2D eigenvalue weighted by molar-refractivity contribution is -0.115. The van der Waals surface area contributed by atoms with E-state index >= 15 is 0 Å². The molecule has 0 aliphatic carbocycles. The van der Waals surface area contributed by atoms with Crippen LogP contribution in [0.2, 0.25) is 0 Å². The van der Waals surface area contributed by atoms with Gasteiger partial charge in [0.05, 0.1) is 12.1 Å². The number of anilines is 1. The summed E-state index contributed by atoms with van der Waals surface area (Å²) in [7, 11) is 2.00. The van der Waals surface area contributed by atoms with E-state index < -0.39 is 0 Å². The van der Waals surface area contributed by atoms with E-state index in [1.807, 2.05) is 49.8 Å². The van der Waals surface area contributed by atoms with Gasteiger partial charge in [-0.25, -0.2) is 4.98 Å². The van der Waals surface area contributed by atoms with Crippen molar-refractivity contribution >= 4 is 44.2 Å². The summed E-state index contributed by atoms with van der Waals surface area (Å²) in [6.45, 7) is 2.05. The molecule has 3 heterocycles. The molecule has 3 aromatic heterocycles. The summed E-state index contributed by atoms with van der Waals surface area (Å²) >= 11 is 1.45. The van der Waals surface area contributed by atoms with Crippen LogP contribution in [0, 0.1) is 6.92 Å². The molecule has 0 radical (unpaired) electrons. The molecule has 6 heteroatoms. The number of aromatic nitrogens is 3. The molecule has 5 aromatic rings. The molecule has 2 aromatic carbocycles. The van der Waals surface area contributed by atoms with Gasteiger partial charge in [0.2, 0.25) is 5.91 Å². The minimum absolute atomic E-state index is 0.0575. The zero-order valence-electron chi connectivity index (χ0n) is 16.2. The molecule has 0 spiro atoms. The van der Waals surface area contributed by atoms with Crippen LogP contribution in [0.15, 0.2) is 60.1 Å². The molecule has 0 aliphatic heterocycles. The zero-order chi connectivity index (χ0) is 20.0. The highest BCUT2D eigenvalue weighted by atomic mass is 32.1. The van der Waals surface area contributed by atoms with Crippen LogP contribution < -0.4 is 5.32 Å². The van der Waals surface area contributed by atoms with Crippen LogP contribution in [-0.2, 0) is 18.3 Å². The smallest absolute Gasteiger partial charge is 0.230 e. The minimum atomic E-state index is -0.0575. The minimum Gasteiger partial charge on any atom is -0.358 e. The molecule has 5 nitrogen and oxygen atoms in total. The average molecular weight is 401 g/mol. The fourth-order valence-corrected chi connectivity index (χ4v) is 4.67. The maximum Gasteiger partial charge on any atom is 0.230 e. The molecular weight excluding hydrogens is 380 g/mol. The fraction of sp³-hybridized carbons (Fsp3) is 0.130. The number of fused-ring (bicyclic) bond motifs is 2. The van der Waals surface area contributed by atoms with Crippen molar-refractivity contribution in [1.82, 2.24) is 14.5 Å². The first-order valence-electron chi connectivity index (χ1n) is 9.46. The topological polar surface area (TPSA) is 62.7 Å². The summed E-state index contributed by atoms with van der Waals surface area (Å²) in [6.07, 6.45) is 2.34. The number of thiazole rings is 1. The van der Waals surface area contributed by atoms with Crippen LogP contribution in [0.25, 0.3) is 33.1 Å². The van der Waals surface area contributed by atoms with Gasteiger partial charge in [0.15, 0.2) is 5.13 Å². The van der Waals surface area contributed by atoms with Gasteiger partial charge in [-0.2, -0.15) is 0 Å². The lowest BCUT2D eigenvalue weighted by Gasteiger charge is -2.01. The van der Waals surface area contributed by atoms with Gasteiger partial charge < -0.3 is 14.9 Å². The Labute approximate surface area is 172 Å². The number of nitrogens with one attached hydrogen (secondary N) is 2. The Bertz CT molecular complexity index is 1360. The van der Waals surface area contributed by atoms with E-state index in [-0.39, 0.29) is 5.91 Å². The van der Waals surface area contributed by atoms with Gasteiger partial charge in [0, 0.05) is 51.7 Å². The van der Waals surface area contributed by atoms with Crippen molar-refractivity contribution in [3.63, 3.8) is 0 Å². The summed E-state index contributed by atoms with van der Waals surface area (Å²) in [5.74, 6) is -0.0575.